The Balaban J connectivity index is 2.20. The van der Waals surface area contributed by atoms with Gasteiger partial charge in [-0.25, -0.2) is 4.79 Å². The summed E-state index contributed by atoms with van der Waals surface area (Å²) in [4.78, 5) is 21.9. The zero-order valence-corrected chi connectivity index (χ0v) is 9.68. The summed E-state index contributed by atoms with van der Waals surface area (Å²) in [6.45, 7) is 0.772. The van der Waals surface area contributed by atoms with E-state index in [0.717, 1.165) is 0 Å². The van der Waals surface area contributed by atoms with Gasteiger partial charge in [-0.15, -0.1) is 0 Å². The van der Waals surface area contributed by atoms with Crippen molar-refractivity contribution < 1.29 is 24.5 Å². The van der Waals surface area contributed by atoms with Crippen LogP contribution < -0.4 is 10.6 Å². The number of carbonyl (C=O) groups excluding carboxylic acids is 1. The van der Waals surface area contributed by atoms with Gasteiger partial charge in [-0.05, 0) is 6.42 Å². The maximum absolute atomic E-state index is 11.6. The molecular weight excluding hydrogens is 228 g/mol. The van der Waals surface area contributed by atoms with Crippen LogP contribution in [0.25, 0.3) is 0 Å². The summed E-state index contributed by atoms with van der Waals surface area (Å²) < 4.78 is 5.11. The van der Waals surface area contributed by atoms with Crippen LogP contribution in [-0.4, -0.2) is 60.5 Å². The van der Waals surface area contributed by atoms with Crippen molar-refractivity contribution in [3.63, 3.8) is 0 Å². The van der Waals surface area contributed by atoms with Crippen LogP contribution in [0.5, 0.6) is 0 Å². The average molecular weight is 246 g/mol. The second-order valence-electron chi connectivity index (χ2n) is 3.99. The van der Waals surface area contributed by atoms with Gasteiger partial charge in [0.15, 0.2) is 6.10 Å². The van der Waals surface area contributed by atoms with Crippen LogP contribution in [0, 0.1) is 0 Å². The minimum absolute atomic E-state index is 0.00149. The van der Waals surface area contributed by atoms with Crippen molar-refractivity contribution in [2.45, 2.75) is 31.1 Å². The Kier molecular flexibility index (Phi) is 5.33. The lowest BCUT2D eigenvalue weighted by Gasteiger charge is -2.12. The molecule has 17 heavy (non-hydrogen) atoms. The number of carbonyl (C=O) groups is 2. The second kappa shape index (κ2) is 6.53. The Bertz CT molecular complexity index is 284. The lowest BCUT2D eigenvalue weighted by atomic mass is 10.2. The van der Waals surface area contributed by atoms with Crippen LogP contribution in [0.3, 0.4) is 0 Å². The lowest BCUT2D eigenvalue weighted by molar-refractivity contribution is -0.147. The molecule has 0 aromatic heterocycles. The molecule has 3 atom stereocenters. The zero-order chi connectivity index (χ0) is 12.8. The van der Waals surface area contributed by atoms with Gasteiger partial charge in [0, 0.05) is 26.6 Å². The van der Waals surface area contributed by atoms with Gasteiger partial charge in [-0.2, -0.15) is 0 Å². The Morgan fingerprint density at radius 1 is 1.59 bits per heavy atom. The number of aliphatic hydroxyl groups is 1. The summed E-state index contributed by atoms with van der Waals surface area (Å²) in [5, 5.41) is 23.0. The highest BCUT2D eigenvalue weighted by atomic mass is 16.5. The number of aliphatic hydroxyl groups excluding tert-OH is 1. The Hall–Kier alpha value is -1.18. The molecule has 4 N–H and O–H groups in total. The van der Waals surface area contributed by atoms with E-state index in [1.165, 1.54) is 0 Å². The lowest BCUT2D eigenvalue weighted by Crippen LogP contribution is -2.41. The van der Waals surface area contributed by atoms with Crippen LogP contribution in [0.4, 0.5) is 0 Å². The van der Waals surface area contributed by atoms with E-state index in [-0.39, 0.29) is 31.0 Å². The fraction of sp³-hybridized carbons (Fsp3) is 0.800. The van der Waals surface area contributed by atoms with E-state index in [2.05, 4.69) is 10.6 Å². The average Bonchev–Trinajstić information content (AvgIpc) is 2.77. The first-order valence-corrected chi connectivity index (χ1v) is 5.49. The summed E-state index contributed by atoms with van der Waals surface area (Å²) in [6, 6.07) is -0.304. The molecule has 0 aromatic rings. The third-order valence-corrected chi connectivity index (χ3v) is 2.74. The molecule has 2 unspecified atom stereocenters. The molecule has 0 spiro atoms. The van der Waals surface area contributed by atoms with E-state index in [1.807, 2.05) is 0 Å². The van der Waals surface area contributed by atoms with Crippen molar-refractivity contribution in [2.75, 3.05) is 20.2 Å². The molecule has 1 rings (SSSR count). The molecule has 7 nitrogen and oxygen atoms in total. The van der Waals surface area contributed by atoms with Gasteiger partial charge in [-0.3, -0.25) is 4.79 Å². The Labute approximate surface area is 99.1 Å². The topological polar surface area (TPSA) is 108 Å². The first-order chi connectivity index (χ1) is 8.04. The van der Waals surface area contributed by atoms with Crippen LogP contribution in [0.1, 0.15) is 12.8 Å². The van der Waals surface area contributed by atoms with Gasteiger partial charge in [0.05, 0.1) is 12.1 Å². The predicted molar refractivity (Wildman–Crippen MR) is 58.5 cm³/mol. The molecule has 1 amide bonds. The summed E-state index contributed by atoms with van der Waals surface area (Å²) in [5.74, 6) is -1.47. The summed E-state index contributed by atoms with van der Waals surface area (Å²) in [7, 11) is 1.59. The molecule has 0 bridgehead atoms. The fourth-order valence-electron chi connectivity index (χ4n) is 1.66. The van der Waals surface area contributed by atoms with Crippen molar-refractivity contribution in [3.8, 4) is 0 Å². The Morgan fingerprint density at radius 3 is 2.82 bits per heavy atom. The van der Waals surface area contributed by atoms with Gasteiger partial charge < -0.3 is 25.6 Å². The van der Waals surface area contributed by atoms with E-state index >= 15 is 0 Å². The van der Waals surface area contributed by atoms with E-state index in [0.29, 0.717) is 13.0 Å². The summed E-state index contributed by atoms with van der Waals surface area (Å²) in [6.07, 6.45) is -0.792. The molecule has 0 aromatic carbocycles. The quantitative estimate of drug-likeness (QED) is 0.445. The third-order valence-electron chi connectivity index (χ3n) is 2.74. The minimum atomic E-state index is -1.43. The van der Waals surface area contributed by atoms with Gasteiger partial charge >= 0.3 is 5.97 Å². The second-order valence-corrected chi connectivity index (χ2v) is 3.99. The van der Waals surface area contributed by atoms with E-state index < -0.39 is 12.1 Å². The predicted octanol–water partition coefficient (Wildman–Crippen LogP) is -1.68. The molecule has 1 heterocycles. The molecular formula is C10H18N2O5. The van der Waals surface area contributed by atoms with E-state index in [4.69, 9.17) is 14.9 Å². The number of carboxylic acids is 1. The number of ether oxygens (including phenoxy) is 1. The number of carboxylic acid groups (broad SMARTS) is 1. The molecule has 98 valence electrons. The van der Waals surface area contributed by atoms with Crippen LogP contribution in [0.2, 0.25) is 0 Å². The van der Waals surface area contributed by atoms with Crippen molar-refractivity contribution in [1.82, 2.24) is 10.6 Å². The molecule has 0 radical (unpaired) electrons. The zero-order valence-electron chi connectivity index (χ0n) is 9.68. The fourth-order valence-corrected chi connectivity index (χ4v) is 1.66. The maximum Gasteiger partial charge on any atom is 0.332 e. The minimum Gasteiger partial charge on any atom is -0.479 e. The highest BCUT2D eigenvalue weighted by Gasteiger charge is 2.29. The van der Waals surface area contributed by atoms with Gasteiger partial charge in [0.1, 0.15) is 0 Å². The monoisotopic (exact) mass is 246 g/mol. The van der Waals surface area contributed by atoms with Crippen molar-refractivity contribution >= 4 is 11.9 Å². The smallest absolute Gasteiger partial charge is 0.332 e. The molecule has 0 saturated carbocycles. The van der Waals surface area contributed by atoms with E-state index in [1.54, 1.807) is 7.11 Å². The number of rotatable bonds is 6. The Morgan fingerprint density at radius 2 is 2.29 bits per heavy atom. The molecule has 1 saturated heterocycles. The molecule has 7 heteroatoms. The van der Waals surface area contributed by atoms with Crippen molar-refractivity contribution in [3.05, 3.63) is 0 Å². The third kappa shape index (κ3) is 4.29. The number of aliphatic carboxylic acids is 1. The maximum atomic E-state index is 11.6. The summed E-state index contributed by atoms with van der Waals surface area (Å²) in [5.41, 5.74) is 0. The SMILES string of the molecule is COC1CNC(C(=O)NCC[C@H](O)C(=O)O)C1. The molecule has 1 aliphatic rings. The number of methoxy groups -OCH3 is 1. The van der Waals surface area contributed by atoms with E-state index in [9.17, 15) is 9.59 Å². The normalized spacial score (nSPS) is 25.5. The van der Waals surface area contributed by atoms with Crippen molar-refractivity contribution in [1.29, 1.82) is 0 Å². The number of hydrogen-bond donors (Lipinski definition) is 4. The molecule has 0 aliphatic carbocycles. The van der Waals surface area contributed by atoms with Gasteiger partial charge in [0.2, 0.25) is 5.91 Å². The first-order valence-electron chi connectivity index (χ1n) is 5.49. The van der Waals surface area contributed by atoms with Gasteiger partial charge in [0.25, 0.3) is 0 Å². The van der Waals surface area contributed by atoms with Crippen LogP contribution in [-0.2, 0) is 14.3 Å². The highest BCUT2D eigenvalue weighted by molar-refractivity contribution is 5.82. The number of amides is 1. The van der Waals surface area contributed by atoms with Gasteiger partial charge in [-0.1, -0.05) is 0 Å². The van der Waals surface area contributed by atoms with Crippen LogP contribution in [0.15, 0.2) is 0 Å². The largest absolute Gasteiger partial charge is 0.479 e. The summed E-state index contributed by atoms with van der Waals surface area (Å²) >= 11 is 0. The number of hydrogen-bond acceptors (Lipinski definition) is 5. The molecule has 1 aliphatic heterocycles. The highest BCUT2D eigenvalue weighted by Crippen LogP contribution is 2.09. The van der Waals surface area contributed by atoms with Crippen molar-refractivity contribution in [2.24, 2.45) is 0 Å². The molecule has 1 fully saturated rings. The number of nitrogens with one attached hydrogen (secondary N) is 2. The standard InChI is InChI=1S/C10H18N2O5/c1-17-6-4-7(12-5-6)9(14)11-3-2-8(13)10(15)16/h6-8,12-13H,2-5H2,1H3,(H,11,14)(H,15,16)/t6?,7?,8-/m0/s1. The first kappa shape index (κ1) is 13.9. The van der Waals surface area contributed by atoms with Crippen LogP contribution >= 0.6 is 0 Å².